The van der Waals surface area contributed by atoms with E-state index in [1.54, 1.807) is 25.5 Å². The number of para-hydroxylation sites is 1. The van der Waals surface area contributed by atoms with E-state index in [0.717, 1.165) is 11.3 Å². The maximum Gasteiger partial charge on any atom is 0.282 e. The molecule has 0 aliphatic heterocycles. The monoisotopic (exact) mass is 334 g/mol. The van der Waals surface area contributed by atoms with Gasteiger partial charge in [0.05, 0.1) is 10.5 Å². The Hall–Kier alpha value is -2.78. The highest BCUT2D eigenvalue weighted by molar-refractivity contribution is 7.14. The molecule has 2 aromatic rings. The predicted octanol–water partition coefficient (Wildman–Crippen LogP) is 2.11. The Morgan fingerprint density at radius 1 is 1.13 bits per heavy atom. The number of hydrazine groups is 1. The number of nitrogens with zero attached hydrogens (tertiary/aromatic N) is 2. The van der Waals surface area contributed by atoms with Crippen molar-refractivity contribution >= 4 is 33.8 Å². The standard InChI is InChI=1S/C14H14N4O4S/c1-17(2)16-13(20)10-7-8-23-14(10)15-12(19)9-5-3-4-6-11(9)18(21)22/h3-8H,1-2H3,(H,15,19)(H,16,20). The van der Waals surface area contributed by atoms with Crippen molar-refractivity contribution in [2.75, 3.05) is 19.4 Å². The average Bonchev–Trinajstić information content (AvgIpc) is 2.94. The van der Waals surface area contributed by atoms with Crippen LogP contribution in [0.25, 0.3) is 0 Å². The first-order valence-electron chi connectivity index (χ1n) is 6.50. The second-order valence-electron chi connectivity index (χ2n) is 4.73. The number of amides is 2. The lowest BCUT2D eigenvalue weighted by Crippen LogP contribution is -2.36. The fourth-order valence-corrected chi connectivity index (χ4v) is 2.62. The third kappa shape index (κ3) is 3.90. The summed E-state index contributed by atoms with van der Waals surface area (Å²) in [5, 5.41) is 17.0. The molecule has 0 aliphatic carbocycles. The third-order valence-electron chi connectivity index (χ3n) is 2.81. The fraction of sp³-hybridized carbons (Fsp3) is 0.143. The number of benzene rings is 1. The molecule has 2 amide bonds. The molecule has 2 rings (SSSR count). The second kappa shape index (κ2) is 6.99. The average molecular weight is 334 g/mol. The molecule has 0 saturated heterocycles. The normalized spacial score (nSPS) is 10.4. The van der Waals surface area contributed by atoms with Crippen molar-refractivity contribution in [1.82, 2.24) is 10.4 Å². The number of thiophene rings is 1. The summed E-state index contributed by atoms with van der Waals surface area (Å²) in [5.41, 5.74) is 2.50. The number of anilines is 1. The van der Waals surface area contributed by atoms with Crippen molar-refractivity contribution in [2.24, 2.45) is 0 Å². The number of rotatable bonds is 5. The number of hydrogen-bond donors (Lipinski definition) is 2. The van der Waals surface area contributed by atoms with E-state index in [-0.39, 0.29) is 22.7 Å². The van der Waals surface area contributed by atoms with Crippen molar-refractivity contribution in [3.8, 4) is 0 Å². The Kier molecular flexibility index (Phi) is 5.04. The number of nitro benzene ring substituents is 1. The first kappa shape index (κ1) is 16.6. The third-order valence-corrected chi connectivity index (χ3v) is 3.64. The summed E-state index contributed by atoms with van der Waals surface area (Å²) < 4.78 is 0. The second-order valence-corrected chi connectivity index (χ2v) is 5.64. The minimum atomic E-state index is -0.640. The van der Waals surface area contributed by atoms with Crippen LogP contribution in [0.1, 0.15) is 20.7 Å². The maximum absolute atomic E-state index is 12.3. The van der Waals surface area contributed by atoms with Crippen molar-refractivity contribution in [2.45, 2.75) is 0 Å². The molecule has 0 unspecified atom stereocenters. The van der Waals surface area contributed by atoms with Crippen LogP contribution in [-0.4, -0.2) is 35.8 Å². The lowest BCUT2D eigenvalue weighted by atomic mass is 10.1. The zero-order valence-electron chi connectivity index (χ0n) is 12.4. The molecule has 0 saturated carbocycles. The van der Waals surface area contributed by atoms with Gasteiger partial charge < -0.3 is 5.32 Å². The van der Waals surface area contributed by atoms with Gasteiger partial charge in [0.1, 0.15) is 10.6 Å². The van der Waals surface area contributed by atoms with Gasteiger partial charge in [0.25, 0.3) is 17.5 Å². The van der Waals surface area contributed by atoms with Crippen LogP contribution in [0.15, 0.2) is 35.7 Å². The number of carbonyl (C=O) groups excluding carboxylic acids is 2. The smallest absolute Gasteiger partial charge is 0.282 e. The van der Waals surface area contributed by atoms with Crippen LogP contribution in [0.2, 0.25) is 0 Å². The van der Waals surface area contributed by atoms with E-state index in [1.165, 1.54) is 29.3 Å². The Balaban J connectivity index is 2.24. The summed E-state index contributed by atoms with van der Waals surface area (Å²) in [4.78, 5) is 34.7. The topological polar surface area (TPSA) is 105 Å². The molecule has 1 aromatic carbocycles. The highest BCUT2D eigenvalue weighted by Crippen LogP contribution is 2.25. The van der Waals surface area contributed by atoms with Crippen LogP contribution in [0.5, 0.6) is 0 Å². The zero-order valence-corrected chi connectivity index (χ0v) is 13.2. The Morgan fingerprint density at radius 2 is 1.83 bits per heavy atom. The Morgan fingerprint density at radius 3 is 2.48 bits per heavy atom. The van der Waals surface area contributed by atoms with E-state index in [1.807, 2.05) is 0 Å². The molecular weight excluding hydrogens is 320 g/mol. The van der Waals surface area contributed by atoms with E-state index in [2.05, 4.69) is 10.7 Å². The molecule has 0 atom stereocenters. The molecule has 0 fully saturated rings. The molecule has 120 valence electrons. The van der Waals surface area contributed by atoms with E-state index < -0.39 is 10.8 Å². The lowest BCUT2D eigenvalue weighted by Gasteiger charge is -2.12. The SMILES string of the molecule is CN(C)NC(=O)c1ccsc1NC(=O)c1ccccc1[N+](=O)[O-]. The van der Waals surface area contributed by atoms with E-state index in [0.29, 0.717) is 5.00 Å². The van der Waals surface area contributed by atoms with Crippen molar-refractivity contribution < 1.29 is 14.5 Å². The zero-order chi connectivity index (χ0) is 17.0. The van der Waals surface area contributed by atoms with E-state index in [4.69, 9.17) is 0 Å². The van der Waals surface area contributed by atoms with Gasteiger partial charge in [-0.2, -0.15) is 0 Å². The summed E-state index contributed by atoms with van der Waals surface area (Å²) in [7, 11) is 3.33. The van der Waals surface area contributed by atoms with Gasteiger partial charge in [0.15, 0.2) is 0 Å². The first-order chi connectivity index (χ1) is 10.9. The van der Waals surface area contributed by atoms with Crippen molar-refractivity contribution in [3.63, 3.8) is 0 Å². The van der Waals surface area contributed by atoms with Crippen LogP contribution >= 0.6 is 11.3 Å². The maximum atomic E-state index is 12.3. The first-order valence-corrected chi connectivity index (χ1v) is 7.38. The largest absolute Gasteiger partial charge is 0.313 e. The molecule has 0 radical (unpaired) electrons. The van der Waals surface area contributed by atoms with Gasteiger partial charge in [-0.15, -0.1) is 11.3 Å². The quantitative estimate of drug-likeness (QED) is 0.644. The van der Waals surface area contributed by atoms with Crippen LogP contribution in [-0.2, 0) is 0 Å². The van der Waals surface area contributed by atoms with Gasteiger partial charge in [0.2, 0.25) is 0 Å². The number of nitro groups is 1. The summed E-state index contributed by atoms with van der Waals surface area (Å²) in [6.45, 7) is 0. The highest BCUT2D eigenvalue weighted by atomic mass is 32.1. The Bertz CT molecular complexity index is 757. The summed E-state index contributed by atoms with van der Waals surface area (Å²) in [6.07, 6.45) is 0. The number of carbonyl (C=O) groups is 2. The molecule has 0 bridgehead atoms. The van der Waals surface area contributed by atoms with Crippen molar-refractivity contribution in [3.05, 3.63) is 57.0 Å². The van der Waals surface area contributed by atoms with Gasteiger partial charge in [0, 0.05) is 20.2 Å². The van der Waals surface area contributed by atoms with Gasteiger partial charge in [-0.05, 0) is 17.5 Å². The number of hydrogen-bond acceptors (Lipinski definition) is 6. The van der Waals surface area contributed by atoms with Crippen LogP contribution < -0.4 is 10.7 Å². The van der Waals surface area contributed by atoms with Gasteiger partial charge in [-0.3, -0.25) is 25.1 Å². The fourth-order valence-electron chi connectivity index (χ4n) is 1.84. The minimum absolute atomic E-state index is 0.0649. The van der Waals surface area contributed by atoms with Crippen molar-refractivity contribution in [1.29, 1.82) is 0 Å². The van der Waals surface area contributed by atoms with Gasteiger partial charge in [-0.25, -0.2) is 5.01 Å². The molecule has 1 aromatic heterocycles. The lowest BCUT2D eigenvalue weighted by molar-refractivity contribution is -0.385. The highest BCUT2D eigenvalue weighted by Gasteiger charge is 2.22. The molecule has 9 heteroatoms. The van der Waals surface area contributed by atoms with Crippen LogP contribution in [0.3, 0.4) is 0 Å². The van der Waals surface area contributed by atoms with Crippen LogP contribution in [0.4, 0.5) is 10.7 Å². The molecule has 0 spiro atoms. The molecule has 23 heavy (non-hydrogen) atoms. The van der Waals surface area contributed by atoms with E-state index in [9.17, 15) is 19.7 Å². The molecule has 0 aliphatic rings. The molecule has 2 N–H and O–H groups in total. The van der Waals surface area contributed by atoms with E-state index >= 15 is 0 Å². The molecule has 8 nitrogen and oxygen atoms in total. The van der Waals surface area contributed by atoms with Crippen LogP contribution in [0, 0.1) is 10.1 Å². The molecular formula is C14H14N4O4S. The summed E-state index contributed by atoms with van der Waals surface area (Å²) in [6, 6.07) is 7.20. The van der Waals surface area contributed by atoms with Gasteiger partial charge in [-0.1, -0.05) is 12.1 Å². The Labute approximate surface area is 135 Å². The summed E-state index contributed by atoms with van der Waals surface area (Å²) >= 11 is 1.16. The number of nitrogens with one attached hydrogen (secondary N) is 2. The van der Waals surface area contributed by atoms with Gasteiger partial charge >= 0.3 is 0 Å². The predicted molar refractivity (Wildman–Crippen MR) is 86.5 cm³/mol. The summed E-state index contributed by atoms with van der Waals surface area (Å²) in [5.74, 6) is -1.02. The molecule has 1 heterocycles. The minimum Gasteiger partial charge on any atom is -0.313 e.